The van der Waals surface area contributed by atoms with Gasteiger partial charge in [-0.1, -0.05) is 30.1 Å². The highest BCUT2D eigenvalue weighted by Gasteiger charge is 2.26. The summed E-state index contributed by atoms with van der Waals surface area (Å²) in [4.78, 5) is 23.7. The fourth-order valence-corrected chi connectivity index (χ4v) is 5.52. The Bertz CT molecular complexity index is 1230. The predicted octanol–water partition coefficient (Wildman–Crippen LogP) is 4.91. The molecule has 174 valence electrons. The van der Waals surface area contributed by atoms with Crippen LogP contribution in [-0.2, 0) is 13.0 Å². The molecule has 1 fully saturated rings. The Morgan fingerprint density at radius 2 is 1.91 bits per heavy atom. The summed E-state index contributed by atoms with van der Waals surface area (Å²) in [5.41, 5.74) is 7.10. The number of aromatic amines is 1. The second-order valence-corrected chi connectivity index (χ2v) is 10.0. The van der Waals surface area contributed by atoms with Crippen LogP contribution in [0.4, 0.5) is 0 Å². The fraction of sp³-hybridized carbons (Fsp3) is 0.370. The van der Waals surface area contributed by atoms with Gasteiger partial charge in [-0.05, 0) is 67.3 Å². The lowest BCUT2D eigenvalue weighted by molar-refractivity contribution is 0.0713. The highest BCUT2D eigenvalue weighted by Crippen LogP contribution is 2.31. The maximum atomic E-state index is 13.3. The Morgan fingerprint density at radius 1 is 1.15 bits per heavy atom. The second kappa shape index (κ2) is 9.65. The summed E-state index contributed by atoms with van der Waals surface area (Å²) in [7, 11) is 0. The third-order valence-electron chi connectivity index (χ3n) is 7.09. The molecule has 2 aromatic carbocycles. The van der Waals surface area contributed by atoms with E-state index in [9.17, 15) is 4.79 Å². The quantitative estimate of drug-likeness (QED) is 0.547. The van der Waals surface area contributed by atoms with Crippen LogP contribution in [0.1, 0.15) is 57.2 Å². The number of hydrogen-bond donors (Lipinski definition) is 1. The minimum atomic E-state index is 0.0874. The minimum Gasteiger partial charge on any atom is -0.341 e. The van der Waals surface area contributed by atoms with Crippen LogP contribution < -0.4 is 0 Å². The fourth-order valence-electron chi connectivity index (χ4n) is 4.99. The number of piperidine rings is 1. The van der Waals surface area contributed by atoms with Crippen molar-refractivity contribution in [1.29, 1.82) is 5.26 Å². The summed E-state index contributed by atoms with van der Waals surface area (Å²) in [5, 5.41) is 9.01. The first-order chi connectivity index (χ1) is 16.6. The normalized spacial score (nSPS) is 16.8. The van der Waals surface area contributed by atoms with Crippen molar-refractivity contribution in [1.82, 2.24) is 19.2 Å². The predicted molar refractivity (Wildman–Crippen MR) is 135 cm³/mol. The first-order valence-corrected chi connectivity index (χ1v) is 13.0. The molecule has 3 aromatic rings. The summed E-state index contributed by atoms with van der Waals surface area (Å²) >= 11 is 1.76. The number of carbonyl (C=O) groups is 1. The van der Waals surface area contributed by atoms with Crippen LogP contribution in [-0.4, -0.2) is 51.0 Å². The van der Waals surface area contributed by atoms with Crippen molar-refractivity contribution in [2.75, 3.05) is 25.9 Å². The van der Waals surface area contributed by atoms with Gasteiger partial charge in [-0.3, -0.25) is 4.79 Å². The number of rotatable bonds is 4. The average Bonchev–Trinajstić information content (AvgIpc) is 3.32. The number of likely N-dealkylation sites (tertiary alicyclic amines) is 1. The van der Waals surface area contributed by atoms with Crippen LogP contribution in [0.2, 0.25) is 0 Å². The number of nitriles is 1. The van der Waals surface area contributed by atoms with Gasteiger partial charge in [-0.25, -0.2) is 9.29 Å². The first-order valence-electron chi connectivity index (χ1n) is 11.8. The van der Waals surface area contributed by atoms with Gasteiger partial charge in [0.15, 0.2) is 0 Å². The van der Waals surface area contributed by atoms with Crippen LogP contribution in [0.3, 0.4) is 0 Å². The van der Waals surface area contributed by atoms with E-state index in [1.165, 1.54) is 11.3 Å². The second-order valence-electron chi connectivity index (χ2n) is 9.14. The molecule has 0 spiro atoms. The van der Waals surface area contributed by atoms with Crippen molar-refractivity contribution in [3.63, 3.8) is 0 Å². The van der Waals surface area contributed by atoms with Crippen molar-refractivity contribution >= 4 is 17.9 Å². The van der Waals surface area contributed by atoms with E-state index in [-0.39, 0.29) is 5.91 Å². The van der Waals surface area contributed by atoms with Gasteiger partial charge in [0, 0.05) is 37.2 Å². The molecule has 1 aromatic heterocycles. The number of aryl methyl sites for hydroxylation is 1. The first kappa shape index (κ1) is 22.7. The number of amides is 1. The molecule has 5 rings (SSSR count). The number of H-pyrrole nitrogens is 1. The van der Waals surface area contributed by atoms with E-state index in [2.05, 4.69) is 28.5 Å². The van der Waals surface area contributed by atoms with Crippen molar-refractivity contribution in [3.8, 4) is 17.5 Å². The lowest BCUT2D eigenvalue weighted by atomic mass is 9.89. The van der Waals surface area contributed by atoms with Crippen molar-refractivity contribution < 1.29 is 4.79 Å². The molecule has 6 nitrogen and oxygen atoms in total. The third-order valence-corrected chi connectivity index (χ3v) is 7.92. The molecule has 7 heteroatoms. The van der Waals surface area contributed by atoms with Crippen LogP contribution in [0.15, 0.2) is 42.5 Å². The number of nitrogens with zero attached hydrogens (tertiary/aromatic N) is 4. The number of nitrogens with one attached hydrogen (secondary N) is 1. The SMILES string of the molecule is CSN1CCc2nc(-c3cc(C(=O)N4CCC(c5ccc(C#N)cc5)CC4)ccc3C)[nH]c2C1. The Balaban J connectivity index is 1.30. The standard InChI is InChI=1S/C27H29N5OS/c1-18-3-6-22(15-23(18)26-29-24-11-14-32(34-2)17-25(24)30-26)27(33)31-12-9-21(10-13-31)20-7-4-19(16-28)5-8-20/h3-8,15,21H,9-14,17H2,1-2H3,(H,29,30). The van der Waals surface area contributed by atoms with Gasteiger partial charge in [0.25, 0.3) is 5.91 Å². The minimum absolute atomic E-state index is 0.0874. The topological polar surface area (TPSA) is 76.0 Å². The van der Waals surface area contributed by atoms with Gasteiger partial charge in [0.2, 0.25) is 0 Å². The monoisotopic (exact) mass is 471 g/mol. The van der Waals surface area contributed by atoms with Crippen molar-refractivity contribution in [2.24, 2.45) is 0 Å². The summed E-state index contributed by atoms with van der Waals surface area (Å²) in [6.45, 7) is 5.44. The van der Waals surface area contributed by atoms with Gasteiger partial charge in [0.05, 0.1) is 29.6 Å². The smallest absolute Gasteiger partial charge is 0.253 e. The number of hydrogen-bond acceptors (Lipinski definition) is 5. The zero-order valence-corrected chi connectivity index (χ0v) is 20.5. The maximum Gasteiger partial charge on any atom is 0.253 e. The number of fused-ring (bicyclic) bond motifs is 1. The highest BCUT2D eigenvalue weighted by molar-refractivity contribution is 7.96. The van der Waals surface area contributed by atoms with E-state index in [1.54, 1.807) is 11.9 Å². The van der Waals surface area contributed by atoms with Crippen LogP contribution in [0.25, 0.3) is 11.4 Å². The zero-order chi connectivity index (χ0) is 23.7. The Labute approximate surface area is 205 Å². The van der Waals surface area contributed by atoms with Gasteiger partial charge >= 0.3 is 0 Å². The molecule has 2 aliphatic rings. The number of benzene rings is 2. The van der Waals surface area contributed by atoms with Gasteiger partial charge in [0.1, 0.15) is 5.82 Å². The van der Waals surface area contributed by atoms with Crippen LogP contribution in [0, 0.1) is 18.3 Å². The number of aromatic nitrogens is 2. The summed E-state index contributed by atoms with van der Waals surface area (Å²) in [6, 6.07) is 16.0. The molecule has 0 unspecified atom stereocenters. The van der Waals surface area contributed by atoms with E-state index in [1.807, 2.05) is 47.4 Å². The molecule has 0 atom stereocenters. The zero-order valence-electron chi connectivity index (χ0n) is 19.7. The molecule has 2 aliphatic heterocycles. The van der Waals surface area contributed by atoms with E-state index < -0.39 is 0 Å². The molecule has 0 radical (unpaired) electrons. The van der Waals surface area contributed by atoms with E-state index >= 15 is 0 Å². The van der Waals surface area contributed by atoms with Crippen LogP contribution >= 0.6 is 11.9 Å². The molecule has 0 bridgehead atoms. The lowest BCUT2D eigenvalue weighted by Gasteiger charge is -2.32. The lowest BCUT2D eigenvalue weighted by Crippen LogP contribution is -2.37. The molecular weight excluding hydrogens is 442 g/mol. The molecule has 1 saturated heterocycles. The van der Waals surface area contributed by atoms with Crippen molar-refractivity contribution in [3.05, 3.63) is 76.1 Å². The molecule has 3 heterocycles. The Morgan fingerprint density at radius 3 is 2.62 bits per heavy atom. The highest BCUT2D eigenvalue weighted by atomic mass is 32.2. The number of imidazole rings is 1. The Hall–Kier alpha value is -3.08. The van der Waals surface area contributed by atoms with Gasteiger partial charge in [-0.2, -0.15) is 5.26 Å². The van der Waals surface area contributed by atoms with Gasteiger partial charge in [-0.15, -0.1) is 0 Å². The van der Waals surface area contributed by atoms with Crippen molar-refractivity contribution in [2.45, 2.75) is 38.6 Å². The largest absolute Gasteiger partial charge is 0.341 e. The van der Waals surface area contributed by atoms with E-state index in [0.29, 0.717) is 11.5 Å². The summed E-state index contributed by atoms with van der Waals surface area (Å²) in [6.07, 6.45) is 4.92. The summed E-state index contributed by atoms with van der Waals surface area (Å²) in [5.74, 6) is 1.38. The van der Waals surface area contributed by atoms with E-state index in [0.717, 1.165) is 73.7 Å². The van der Waals surface area contributed by atoms with E-state index in [4.69, 9.17) is 10.2 Å². The maximum absolute atomic E-state index is 13.3. The molecular formula is C27H29N5OS. The summed E-state index contributed by atoms with van der Waals surface area (Å²) < 4.78 is 2.33. The Kier molecular flexibility index (Phi) is 6.44. The average molecular weight is 472 g/mol. The third kappa shape index (κ3) is 4.48. The molecule has 1 N–H and O–H groups in total. The molecule has 0 aliphatic carbocycles. The van der Waals surface area contributed by atoms with Crippen LogP contribution in [0.5, 0.6) is 0 Å². The molecule has 34 heavy (non-hydrogen) atoms. The number of carbonyl (C=O) groups excluding carboxylic acids is 1. The van der Waals surface area contributed by atoms with Gasteiger partial charge < -0.3 is 9.88 Å². The molecule has 1 amide bonds. The molecule has 0 saturated carbocycles.